The summed E-state index contributed by atoms with van der Waals surface area (Å²) in [5, 5.41) is 2.90. The van der Waals surface area contributed by atoms with E-state index in [0.717, 1.165) is 0 Å². The van der Waals surface area contributed by atoms with E-state index in [4.69, 9.17) is 28.4 Å². The van der Waals surface area contributed by atoms with Crippen LogP contribution in [0, 0.1) is 0 Å². The largest absolute Gasteiger partial charge is 0.608 e. The molecule has 0 aliphatic carbocycles. The Balaban J connectivity index is 2.09. The number of hydrogen-bond donors (Lipinski definition) is 0. The van der Waals surface area contributed by atoms with E-state index >= 15 is 0 Å². The van der Waals surface area contributed by atoms with Crippen LogP contribution >= 0.6 is 0 Å². The fourth-order valence-corrected chi connectivity index (χ4v) is 5.06. The summed E-state index contributed by atoms with van der Waals surface area (Å²) < 4.78 is 56.7. The Labute approximate surface area is 200 Å². The van der Waals surface area contributed by atoms with Gasteiger partial charge in [-0.1, -0.05) is 0 Å². The normalized spacial score (nSPS) is 13.1. The molecule has 0 radical (unpaired) electrons. The van der Waals surface area contributed by atoms with Crippen molar-refractivity contribution in [1.29, 1.82) is 0 Å². The molecule has 180 valence electrons. The highest BCUT2D eigenvalue weighted by molar-refractivity contribution is 8.10. The molecule has 0 amide bonds. The van der Waals surface area contributed by atoms with Crippen LogP contribution in [0.3, 0.4) is 0 Å². The predicted molar refractivity (Wildman–Crippen MR) is 131 cm³/mol. The molecule has 0 N–H and O–H groups in total. The monoisotopic (exact) mass is 496 g/mol. The highest BCUT2D eigenvalue weighted by atomic mass is 32.3. The second-order valence-electron chi connectivity index (χ2n) is 6.40. The smallest absolute Gasteiger partial charge is 0.262 e. The van der Waals surface area contributed by atoms with E-state index in [1.807, 2.05) is 0 Å². The zero-order valence-corrected chi connectivity index (χ0v) is 21.0. The Kier molecular flexibility index (Phi) is 10.6. The van der Waals surface area contributed by atoms with Crippen molar-refractivity contribution in [3.05, 3.63) is 46.2 Å². The van der Waals surface area contributed by atoms with E-state index in [1.54, 1.807) is 36.4 Å². The van der Waals surface area contributed by atoms with Gasteiger partial charge in [-0.25, -0.2) is 0 Å². The van der Waals surface area contributed by atoms with E-state index in [9.17, 15) is 9.11 Å². The molecule has 0 spiro atoms. The van der Waals surface area contributed by atoms with Crippen molar-refractivity contribution in [3.63, 3.8) is 0 Å². The van der Waals surface area contributed by atoms with E-state index in [1.165, 1.54) is 53.5 Å². The number of benzene rings is 2. The van der Waals surface area contributed by atoms with Gasteiger partial charge in [-0.3, -0.25) is 0 Å². The molecule has 2 aromatic carbocycles. The second-order valence-corrected chi connectivity index (χ2v) is 9.41. The summed E-state index contributed by atoms with van der Waals surface area (Å²) in [7, 11) is 9.12. The zero-order chi connectivity index (χ0) is 24.4. The molecule has 2 rings (SSSR count). The summed E-state index contributed by atoms with van der Waals surface area (Å²) in [6, 6.07) is 6.93. The zero-order valence-electron chi connectivity index (χ0n) is 19.4. The molecule has 10 heteroatoms. The molecule has 0 aliphatic heterocycles. The van der Waals surface area contributed by atoms with Gasteiger partial charge in [0.2, 0.25) is 11.5 Å². The number of methoxy groups -OCH3 is 6. The number of ether oxygens (including phenoxy) is 6. The lowest BCUT2D eigenvalue weighted by atomic mass is 10.2. The van der Waals surface area contributed by atoms with Crippen LogP contribution in [0.25, 0.3) is 12.2 Å². The van der Waals surface area contributed by atoms with Crippen molar-refractivity contribution in [2.45, 2.75) is 0 Å². The molecular weight excluding hydrogens is 468 g/mol. The van der Waals surface area contributed by atoms with Crippen LogP contribution in [0.5, 0.6) is 34.5 Å². The van der Waals surface area contributed by atoms with E-state index in [0.29, 0.717) is 45.6 Å². The third kappa shape index (κ3) is 7.16. The molecule has 0 saturated heterocycles. The van der Waals surface area contributed by atoms with Gasteiger partial charge in [0.25, 0.3) is 5.08 Å². The van der Waals surface area contributed by atoms with Crippen LogP contribution in [0.2, 0.25) is 0 Å². The lowest BCUT2D eigenvalue weighted by molar-refractivity contribution is 0.324. The maximum absolute atomic E-state index is 12.4. The summed E-state index contributed by atoms with van der Waals surface area (Å²) in [4.78, 5) is 0. The first kappa shape index (κ1) is 26.6. The third-order valence-corrected chi connectivity index (χ3v) is 7.17. The van der Waals surface area contributed by atoms with Gasteiger partial charge in [0.1, 0.15) is 10.8 Å². The summed E-state index contributed by atoms with van der Waals surface area (Å²) in [5.74, 6) is 2.88. The van der Waals surface area contributed by atoms with Gasteiger partial charge in [0.05, 0.1) is 42.7 Å². The van der Waals surface area contributed by atoms with Gasteiger partial charge >= 0.3 is 0 Å². The summed E-state index contributed by atoms with van der Waals surface area (Å²) in [5.41, 5.74) is 1.41. The lowest BCUT2D eigenvalue weighted by Gasteiger charge is -2.13. The minimum Gasteiger partial charge on any atom is -0.608 e. The Morgan fingerprint density at radius 1 is 0.576 bits per heavy atom. The Bertz CT molecular complexity index is 849. The molecule has 0 aromatic heterocycles. The van der Waals surface area contributed by atoms with Gasteiger partial charge < -0.3 is 37.5 Å². The Hall–Kier alpha value is -2.66. The topological polar surface area (TPSA) is 102 Å². The van der Waals surface area contributed by atoms with Crippen LogP contribution in [-0.4, -0.2) is 56.8 Å². The van der Waals surface area contributed by atoms with Crippen molar-refractivity contribution < 1.29 is 37.5 Å². The van der Waals surface area contributed by atoms with Crippen molar-refractivity contribution in [2.24, 2.45) is 0 Å². The first-order valence-corrected chi connectivity index (χ1v) is 12.4. The highest BCUT2D eigenvalue weighted by Crippen LogP contribution is 2.39. The summed E-state index contributed by atoms with van der Waals surface area (Å²) in [6.07, 6.45) is 3.31. The van der Waals surface area contributed by atoms with Crippen molar-refractivity contribution in [1.82, 2.24) is 0 Å². The van der Waals surface area contributed by atoms with Crippen LogP contribution in [0.4, 0.5) is 0 Å². The molecule has 33 heavy (non-hydrogen) atoms. The lowest BCUT2D eigenvalue weighted by Crippen LogP contribution is -2.11. The minimum atomic E-state index is -1.46. The quantitative estimate of drug-likeness (QED) is 0.409. The SMILES string of the molecule is COc1cc(/C=C\[S+]([O-])C[S+]([O-])/C=C/c2cc(OC)c(OC)c(OC)c2)cc(OC)c1OC. The molecule has 2 atom stereocenters. The van der Waals surface area contributed by atoms with E-state index < -0.39 is 22.4 Å². The van der Waals surface area contributed by atoms with Crippen LogP contribution < -0.4 is 28.4 Å². The minimum absolute atomic E-state index is 0.0537. The van der Waals surface area contributed by atoms with Crippen LogP contribution in [0.1, 0.15) is 11.1 Å². The first-order chi connectivity index (χ1) is 15.9. The average molecular weight is 497 g/mol. The fourth-order valence-electron chi connectivity index (χ4n) is 2.90. The molecule has 0 fully saturated rings. The molecule has 2 unspecified atom stereocenters. The maximum Gasteiger partial charge on any atom is 0.262 e. The van der Waals surface area contributed by atoms with E-state index in [-0.39, 0.29) is 5.08 Å². The van der Waals surface area contributed by atoms with Crippen molar-refractivity contribution in [2.75, 3.05) is 47.7 Å². The third-order valence-electron chi connectivity index (χ3n) is 4.43. The van der Waals surface area contributed by atoms with Gasteiger partial charge in [-0.05, 0) is 47.5 Å². The number of rotatable bonds is 12. The molecule has 0 bridgehead atoms. The first-order valence-electron chi connectivity index (χ1n) is 9.61. The standard InChI is InChI=1S/C23H28O8S2/c1-26-18-11-16(12-19(27-2)22(18)30-5)7-9-32(24)15-33(25)10-8-17-13-20(28-3)23(31-6)21(14-17)29-4/h7-14H,15H2,1-6H3/b9-7-,10-8+. The van der Waals surface area contributed by atoms with Crippen LogP contribution in [0.15, 0.2) is 35.1 Å². The molecule has 0 saturated carbocycles. The van der Waals surface area contributed by atoms with Crippen LogP contribution in [-0.2, 0) is 22.4 Å². The molecule has 0 heterocycles. The average Bonchev–Trinajstić information content (AvgIpc) is 2.84. The number of hydrogen-bond acceptors (Lipinski definition) is 8. The Morgan fingerprint density at radius 3 is 1.12 bits per heavy atom. The van der Waals surface area contributed by atoms with E-state index in [2.05, 4.69) is 0 Å². The fraction of sp³-hybridized carbons (Fsp3) is 0.304. The van der Waals surface area contributed by atoms with Gasteiger partial charge in [-0.15, -0.1) is 0 Å². The molecule has 0 aliphatic rings. The molecular formula is C23H28O8S2. The van der Waals surface area contributed by atoms with Gasteiger partial charge in [0, 0.05) is 22.4 Å². The van der Waals surface area contributed by atoms with Gasteiger partial charge in [0.15, 0.2) is 23.0 Å². The Morgan fingerprint density at radius 2 is 0.879 bits per heavy atom. The highest BCUT2D eigenvalue weighted by Gasteiger charge is 2.16. The predicted octanol–water partition coefficient (Wildman–Crippen LogP) is 3.83. The van der Waals surface area contributed by atoms with Crippen molar-refractivity contribution in [3.8, 4) is 34.5 Å². The molecule has 2 aromatic rings. The molecule has 8 nitrogen and oxygen atoms in total. The summed E-state index contributed by atoms with van der Waals surface area (Å²) >= 11 is -2.93. The van der Waals surface area contributed by atoms with Crippen molar-refractivity contribution >= 4 is 34.5 Å². The second kappa shape index (κ2) is 13.1. The maximum atomic E-state index is 12.4. The summed E-state index contributed by atoms with van der Waals surface area (Å²) in [6.45, 7) is 0. The van der Waals surface area contributed by atoms with Gasteiger partial charge in [-0.2, -0.15) is 0 Å².